The van der Waals surface area contributed by atoms with Gasteiger partial charge in [-0.05, 0) is 13.8 Å². The van der Waals surface area contributed by atoms with E-state index in [1.54, 1.807) is 13.8 Å². The second-order valence-corrected chi connectivity index (χ2v) is 4.24. The van der Waals surface area contributed by atoms with Crippen LogP contribution in [0.5, 0.6) is 0 Å². The highest BCUT2D eigenvalue weighted by Gasteiger charge is 2.34. The standard InChI is InChI=1S/C7H14NO5P/c1-4-12-14(11,13-5-2)7(10)8-6(3)9/h4-5H2,1-3H3,(H,8,9,10). The molecule has 1 N–H and O–H groups in total. The molecule has 0 aromatic carbocycles. The lowest BCUT2D eigenvalue weighted by Crippen LogP contribution is -2.27. The zero-order chi connectivity index (χ0) is 11.2. The Morgan fingerprint density at radius 3 is 1.93 bits per heavy atom. The summed E-state index contributed by atoms with van der Waals surface area (Å²) in [5.41, 5.74) is -1.02. The molecule has 0 aliphatic carbocycles. The Morgan fingerprint density at radius 1 is 1.21 bits per heavy atom. The molecule has 0 spiro atoms. The van der Waals surface area contributed by atoms with E-state index >= 15 is 0 Å². The van der Waals surface area contributed by atoms with E-state index < -0.39 is 19.2 Å². The molecule has 82 valence electrons. The van der Waals surface area contributed by atoms with Gasteiger partial charge in [-0.15, -0.1) is 0 Å². The van der Waals surface area contributed by atoms with Crippen LogP contribution in [-0.2, 0) is 18.4 Å². The van der Waals surface area contributed by atoms with Crippen molar-refractivity contribution < 1.29 is 23.2 Å². The molecule has 0 unspecified atom stereocenters. The van der Waals surface area contributed by atoms with Crippen molar-refractivity contribution in [3.05, 3.63) is 0 Å². The second kappa shape index (κ2) is 5.90. The van der Waals surface area contributed by atoms with Crippen LogP contribution < -0.4 is 5.32 Å². The molecule has 6 nitrogen and oxygen atoms in total. The third kappa shape index (κ3) is 4.00. The number of hydrogen-bond donors (Lipinski definition) is 1. The van der Waals surface area contributed by atoms with E-state index in [9.17, 15) is 14.2 Å². The van der Waals surface area contributed by atoms with E-state index in [-0.39, 0.29) is 13.2 Å². The number of rotatable bonds is 5. The molecule has 0 aromatic rings. The summed E-state index contributed by atoms with van der Waals surface area (Å²) in [5.74, 6) is -0.602. The van der Waals surface area contributed by atoms with Crippen LogP contribution in [0.3, 0.4) is 0 Å². The highest BCUT2D eigenvalue weighted by Crippen LogP contribution is 2.48. The van der Waals surface area contributed by atoms with Gasteiger partial charge in [0.15, 0.2) is 0 Å². The van der Waals surface area contributed by atoms with Gasteiger partial charge >= 0.3 is 13.2 Å². The van der Waals surface area contributed by atoms with Crippen LogP contribution in [0.4, 0.5) is 4.79 Å². The van der Waals surface area contributed by atoms with Crippen LogP contribution in [0.2, 0.25) is 0 Å². The van der Waals surface area contributed by atoms with Gasteiger partial charge in [0, 0.05) is 6.92 Å². The van der Waals surface area contributed by atoms with Gasteiger partial charge in [0.25, 0.3) is 0 Å². The molecule has 0 heterocycles. The monoisotopic (exact) mass is 223 g/mol. The van der Waals surface area contributed by atoms with Gasteiger partial charge in [-0.1, -0.05) is 0 Å². The fourth-order valence-corrected chi connectivity index (χ4v) is 2.00. The molecule has 7 heteroatoms. The van der Waals surface area contributed by atoms with Gasteiger partial charge in [0.2, 0.25) is 5.91 Å². The van der Waals surface area contributed by atoms with Gasteiger partial charge in [0.05, 0.1) is 13.2 Å². The molecular formula is C7H14NO5P. The average Bonchev–Trinajstić information content (AvgIpc) is 2.03. The van der Waals surface area contributed by atoms with E-state index in [4.69, 9.17) is 9.05 Å². The SMILES string of the molecule is CCOP(=O)(OCC)C(=O)NC(C)=O. The molecule has 0 rings (SSSR count). The number of imide groups is 1. The summed E-state index contributed by atoms with van der Waals surface area (Å²) in [5, 5.41) is 1.86. The molecular weight excluding hydrogens is 209 g/mol. The molecule has 0 aromatic heterocycles. The minimum Gasteiger partial charge on any atom is -0.302 e. The molecule has 14 heavy (non-hydrogen) atoms. The molecule has 0 aliphatic heterocycles. The van der Waals surface area contributed by atoms with Crippen molar-refractivity contribution in [2.45, 2.75) is 20.8 Å². The van der Waals surface area contributed by atoms with Crippen LogP contribution in [0.25, 0.3) is 0 Å². The number of nitrogens with one attached hydrogen (secondary N) is 1. The number of carbonyl (C=O) groups is 2. The summed E-state index contributed by atoms with van der Waals surface area (Å²) in [6.07, 6.45) is 0. The van der Waals surface area contributed by atoms with Crippen molar-refractivity contribution in [3.8, 4) is 0 Å². The van der Waals surface area contributed by atoms with Gasteiger partial charge in [-0.2, -0.15) is 0 Å². The van der Waals surface area contributed by atoms with Crippen molar-refractivity contribution in [1.82, 2.24) is 5.32 Å². The van der Waals surface area contributed by atoms with Crippen molar-refractivity contribution in [2.24, 2.45) is 0 Å². The predicted octanol–water partition coefficient (Wildman–Crippen LogP) is 1.51. The maximum Gasteiger partial charge on any atom is 0.418 e. The Hall–Kier alpha value is -0.710. The first kappa shape index (κ1) is 13.3. The topological polar surface area (TPSA) is 81.7 Å². The fraction of sp³-hybridized carbons (Fsp3) is 0.714. The highest BCUT2D eigenvalue weighted by molar-refractivity contribution is 7.71. The Kier molecular flexibility index (Phi) is 5.60. The van der Waals surface area contributed by atoms with E-state index in [1.165, 1.54) is 0 Å². The lowest BCUT2D eigenvalue weighted by atomic mass is 10.7. The summed E-state index contributed by atoms with van der Waals surface area (Å²) in [7, 11) is -3.84. The first-order valence-corrected chi connectivity index (χ1v) is 5.71. The first-order valence-electron chi connectivity index (χ1n) is 4.17. The quantitative estimate of drug-likeness (QED) is 0.714. The van der Waals surface area contributed by atoms with Gasteiger partial charge in [0.1, 0.15) is 0 Å². The number of hydrogen-bond acceptors (Lipinski definition) is 5. The summed E-state index contributed by atoms with van der Waals surface area (Å²) in [6, 6.07) is 0. The Morgan fingerprint density at radius 2 is 1.64 bits per heavy atom. The van der Waals surface area contributed by atoms with Crippen LogP contribution in [0.1, 0.15) is 20.8 Å². The zero-order valence-corrected chi connectivity index (χ0v) is 9.30. The van der Waals surface area contributed by atoms with E-state index in [2.05, 4.69) is 0 Å². The van der Waals surface area contributed by atoms with E-state index in [1.807, 2.05) is 5.32 Å². The fourth-order valence-electron chi connectivity index (χ4n) is 0.713. The van der Waals surface area contributed by atoms with Crippen LogP contribution in [-0.4, -0.2) is 24.8 Å². The molecule has 0 fully saturated rings. The van der Waals surface area contributed by atoms with Gasteiger partial charge < -0.3 is 9.05 Å². The minimum absolute atomic E-state index is 0.0720. The first-order chi connectivity index (χ1) is 6.46. The maximum atomic E-state index is 11.6. The summed E-state index contributed by atoms with van der Waals surface area (Å²) < 4.78 is 21.0. The zero-order valence-electron chi connectivity index (χ0n) is 8.40. The largest absolute Gasteiger partial charge is 0.418 e. The van der Waals surface area contributed by atoms with Crippen molar-refractivity contribution in [2.75, 3.05) is 13.2 Å². The number of carbonyl (C=O) groups excluding carboxylic acids is 2. The molecule has 0 saturated carbocycles. The van der Waals surface area contributed by atoms with Crippen LogP contribution in [0.15, 0.2) is 0 Å². The lowest BCUT2D eigenvalue weighted by molar-refractivity contribution is -0.117. The average molecular weight is 223 g/mol. The Bertz CT molecular complexity index is 255. The second-order valence-electron chi connectivity index (χ2n) is 2.32. The van der Waals surface area contributed by atoms with Crippen molar-refractivity contribution >= 4 is 19.2 Å². The van der Waals surface area contributed by atoms with E-state index in [0.29, 0.717) is 0 Å². The van der Waals surface area contributed by atoms with Crippen molar-refractivity contribution in [3.63, 3.8) is 0 Å². The molecule has 2 amide bonds. The minimum atomic E-state index is -3.84. The highest BCUT2D eigenvalue weighted by atomic mass is 31.2. The van der Waals surface area contributed by atoms with Crippen LogP contribution in [0, 0.1) is 0 Å². The third-order valence-corrected chi connectivity index (χ3v) is 2.94. The summed E-state index contributed by atoms with van der Waals surface area (Å²) in [6.45, 7) is 4.44. The molecule has 0 saturated heterocycles. The summed E-state index contributed by atoms with van der Waals surface area (Å²) >= 11 is 0. The lowest BCUT2D eigenvalue weighted by Gasteiger charge is -2.14. The normalized spacial score (nSPS) is 11.1. The molecule has 0 bridgehead atoms. The van der Waals surface area contributed by atoms with Gasteiger partial charge in [-0.3, -0.25) is 14.9 Å². The van der Waals surface area contributed by atoms with Crippen LogP contribution >= 0.6 is 7.60 Å². The Balaban J connectivity index is 4.55. The maximum absolute atomic E-state index is 11.6. The molecule has 0 aliphatic rings. The molecule has 0 atom stereocenters. The van der Waals surface area contributed by atoms with E-state index in [0.717, 1.165) is 6.92 Å². The smallest absolute Gasteiger partial charge is 0.302 e. The van der Waals surface area contributed by atoms with Crippen molar-refractivity contribution in [1.29, 1.82) is 0 Å². The predicted molar refractivity (Wildman–Crippen MR) is 50.1 cm³/mol. The molecule has 0 radical (unpaired) electrons. The number of amides is 2. The Labute approximate surface area is 82.5 Å². The van der Waals surface area contributed by atoms with Gasteiger partial charge in [-0.25, -0.2) is 4.57 Å². The summed E-state index contributed by atoms with van der Waals surface area (Å²) in [4.78, 5) is 21.8. The third-order valence-electron chi connectivity index (χ3n) is 1.13.